The van der Waals surface area contributed by atoms with Crippen LogP contribution in [0.1, 0.15) is 35.8 Å². The summed E-state index contributed by atoms with van der Waals surface area (Å²) in [5.41, 5.74) is 3.92. The van der Waals surface area contributed by atoms with Crippen molar-refractivity contribution in [3.05, 3.63) is 77.1 Å². The number of ether oxygens (including phenoxy) is 1. The number of methoxy groups -OCH3 is 1. The van der Waals surface area contributed by atoms with Crippen LogP contribution in [0.3, 0.4) is 0 Å². The van der Waals surface area contributed by atoms with Crippen molar-refractivity contribution in [2.45, 2.75) is 32.2 Å². The third kappa shape index (κ3) is 3.27. The normalized spacial score (nSPS) is 15.8. The molecule has 0 N–H and O–H groups in total. The molecule has 1 aliphatic rings. The molecule has 152 valence electrons. The number of nitrogens with zero attached hydrogens (tertiary/aromatic N) is 5. The lowest BCUT2D eigenvalue weighted by molar-refractivity contribution is 0.413. The fourth-order valence-corrected chi connectivity index (χ4v) is 4.38. The number of halogens is 1. The molecule has 0 saturated carbocycles. The van der Waals surface area contributed by atoms with Crippen molar-refractivity contribution in [1.29, 1.82) is 0 Å². The van der Waals surface area contributed by atoms with Crippen molar-refractivity contribution in [1.82, 2.24) is 24.3 Å². The van der Waals surface area contributed by atoms with Crippen LogP contribution in [0.2, 0.25) is 5.02 Å². The van der Waals surface area contributed by atoms with Gasteiger partial charge in [-0.15, -0.1) is 0 Å². The third-order valence-corrected chi connectivity index (χ3v) is 5.93. The standard InChI is InChI=1S/C23H22ClN5O/c1-15-13-28(14-25-15)20-10-9-16(12-21(20)30-2)22-26-23-18(7-5-11-29(23)27-22)17-6-3-4-8-19(17)24/h3-4,6,8-10,12-14,18H,5,7,11H2,1-2H3/t18-/m0/s1. The Bertz CT molecular complexity index is 1210. The maximum atomic E-state index is 6.48. The van der Waals surface area contributed by atoms with Crippen LogP contribution in [0, 0.1) is 6.92 Å². The van der Waals surface area contributed by atoms with Gasteiger partial charge in [-0.05, 0) is 49.6 Å². The number of imidazole rings is 1. The Hall–Kier alpha value is -3.12. The molecule has 30 heavy (non-hydrogen) atoms. The summed E-state index contributed by atoms with van der Waals surface area (Å²) in [5.74, 6) is 2.58. The monoisotopic (exact) mass is 419 g/mol. The number of hydrogen-bond acceptors (Lipinski definition) is 4. The van der Waals surface area contributed by atoms with E-state index in [9.17, 15) is 0 Å². The van der Waals surface area contributed by atoms with E-state index >= 15 is 0 Å². The molecule has 0 radical (unpaired) electrons. The zero-order chi connectivity index (χ0) is 20.7. The smallest absolute Gasteiger partial charge is 0.181 e. The summed E-state index contributed by atoms with van der Waals surface area (Å²) in [5, 5.41) is 5.58. The Kier molecular flexibility index (Phi) is 4.79. The van der Waals surface area contributed by atoms with Gasteiger partial charge in [-0.1, -0.05) is 29.8 Å². The minimum atomic E-state index is 0.156. The van der Waals surface area contributed by atoms with Crippen LogP contribution in [0.5, 0.6) is 5.75 Å². The van der Waals surface area contributed by atoms with E-state index in [-0.39, 0.29) is 5.92 Å². The molecule has 5 rings (SSSR count). The minimum absolute atomic E-state index is 0.156. The maximum absolute atomic E-state index is 6.48. The highest BCUT2D eigenvalue weighted by Crippen LogP contribution is 2.37. The molecule has 0 amide bonds. The predicted molar refractivity (Wildman–Crippen MR) is 116 cm³/mol. The summed E-state index contributed by atoms with van der Waals surface area (Å²) >= 11 is 6.48. The number of aryl methyl sites for hydroxylation is 2. The van der Waals surface area contributed by atoms with E-state index in [0.29, 0.717) is 5.82 Å². The highest BCUT2D eigenvalue weighted by Gasteiger charge is 2.27. The summed E-state index contributed by atoms with van der Waals surface area (Å²) in [6.45, 7) is 2.83. The van der Waals surface area contributed by atoms with E-state index in [1.807, 2.05) is 58.8 Å². The molecule has 0 spiro atoms. The molecule has 3 heterocycles. The molecule has 7 heteroatoms. The summed E-state index contributed by atoms with van der Waals surface area (Å²) in [6, 6.07) is 14.0. The van der Waals surface area contributed by atoms with Gasteiger partial charge in [0.1, 0.15) is 11.6 Å². The van der Waals surface area contributed by atoms with Gasteiger partial charge in [0.15, 0.2) is 5.82 Å². The van der Waals surface area contributed by atoms with Crippen LogP contribution < -0.4 is 4.74 Å². The maximum Gasteiger partial charge on any atom is 0.181 e. The van der Waals surface area contributed by atoms with E-state index in [2.05, 4.69) is 11.1 Å². The van der Waals surface area contributed by atoms with Crippen molar-refractivity contribution in [3.8, 4) is 22.8 Å². The Labute approximate surface area is 180 Å². The fourth-order valence-electron chi connectivity index (χ4n) is 4.11. The van der Waals surface area contributed by atoms with Gasteiger partial charge in [0.2, 0.25) is 0 Å². The van der Waals surface area contributed by atoms with Crippen LogP contribution in [0.4, 0.5) is 0 Å². The molecule has 1 atom stereocenters. The first-order valence-electron chi connectivity index (χ1n) is 10.0. The topological polar surface area (TPSA) is 57.8 Å². The average molecular weight is 420 g/mol. The quantitative estimate of drug-likeness (QED) is 0.465. The lowest BCUT2D eigenvalue weighted by atomic mass is 9.91. The molecule has 4 aromatic rings. The molecule has 0 unspecified atom stereocenters. The van der Waals surface area contributed by atoms with Gasteiger partial charge in [0.05, 0.1) is 24.8 Å². The summed E-state index contributed by atoms with van der Waals surface area (Å²) in [6.07, 6.45) is 5.83. The van der Waals surface area contributed by atoms with Crippen LogP contribution in [-0.4, -0.2) is 31.4 Å². The Balaban J connectivity index is 1.54. The molecule has 0 saturated heterocycles. The number of hydrogen-bond donors (Lipinski definition) is 0. The molecular weight excluding hydrogens is 398 g/mol. The van der Waals surface area contributed by atoms with Crippen LogP contribution in [0.15, 0.2) is 55.0 Å². The SMILES string of the molecule is COc1cc(-c2nc3n(n2)CCC[C@H]3c2ccccc2Cl)ccc1-n1cnc(C)c1. The zero-order valence-corrected chi connectivity index (χ0v) is 17.7. The number of benzene rings is 2. The van der Waals surface area contributed by atoms with Gasteiger partial charge in [0.25, 0.3) is 0 Å². The molecule has 2 aromatic heterocycles. The predicted octanol–water partition coefficient (Wildman–Crippen LogP) is 5.03. The molecule has 6 nitrogen and oxygen atoms in total. The van der Waals surface area contributed by atoms with Gasteiger partial charge >= 0.3 is 0 Å². The number of rotatable bonds is 4. The van der Waals surface area contributed by atoms with Gasteiger partial charge in [-0.3, -0.25) is 0 Å². The first-order chi connectivity index (χ1) is 14.6. The van der Waals surface area contributed by atoms with Crippen molar-refractivity contribution < 1.29 is 4.74 Å². The van der Waals surface area contributed by atoms with E-state index in [1.54, 1.807) is 13.4 Å². The second kappa shape index (κ2) is 7.61. The van der Waals surface area contributed by atoms with Crippen molar-refractivity contribution in [2.75, 3.05) is 7.11 Å². The minimum Gasteiger partial charge on any atom is -0.495 e. The van der Waals surface area contributed by atoms with Gasteiger partial charge in [-0.25, -0.2) is 14.6 Å². The number of fused-ring (bicyclic) bond motifs is 1. The third-order valence-electron chi connectivity index (χ3n) is 5.58. The highest BCUT2D eigenvalue weighted by atomic mass is 35.5. The van der Waals surface area contributed by atoms with Crippen molar-refractivity contribution >= 4 is 11.6 Å². The first kappa shape index (κ1) is 18.9. The molecule has 2 aromatic carbocycles. The molecule has 0 fully saturated rings. The van der Waals surface area contributed by atoms with E-state index in [0.717, 1.165) is 58.5 Å². The van der Waals surface area contributed by atoms with E-state index in [1.165, 1.54) is 0 Å². The molecule has 1 aliphatic heterocycles. The second-order valence-corrected chi connectivity index (χ2v) is 7.95. The van der Waals surface area contributed by atoms with E-state index in [4.69, 9.17) is 26.4 Å². The molecule has 0 aliphatic carbocycles. The van der Waals surface area contributed by atoms with Crippen molar-refractivity contribution in [3.63, 3.8) is 0 Å². The molecule has 0 bridgehead atoms. The summed E-state index contributed by atoms with van der Waals surface area (Å²) < 4.78 is 9.63. The van der Waals surface area contributed by atoms with Crippen LogP contribution in [-0.2, 0) is 6.54 Å². The number of aromatic nitrogens is 5. The Morgan fingerprint density at radius 2 is 2.03 bits per heavy atom. The van der Waals surface area contributed by atoms with Crippen molar-refractivity contribution in [2.24, 2.45) is 0 Å². The first-order valence-corrected chi connectivity index (χ1v) is 10.4. The lowest BCUT2D eigenvalue weighted by Gasteiger charge is -2.23. The second-order valence-electron chi connectivity index (χ2n) is 7.54. The largest absolute Gasteiger partial charge is 0.495 e. The van der Waals surface area contributed by atoms with Gasteiger partial charge < -0.3 is 9.30 Å². The fraction of sp³-hybridized carbons (Fsp3) is 0.261. The Morgan fingerprint density at radius 3 is 2.80 bits per heavy atom. The summed E-state index contributed by atoms with van der Waals surface area (Å²) in [7, 11) is 1.67. The Morgan fingerprint density at radius 1 is 1.17 bits per heavy atom. The molecular formula is C23H22ClN5O. The highest BCUT2D eigenvalue weighted by molar-refractivity contribution is 6.31. The lowest BCUT2D eigenvalue weighted by Crippen LogP contribution is -2.18. The van der Waals surface area contributed by atoms with E-state index < -0.39 is 0 Å². The summed E-state index contributed by atoms with van der Waals surface area (Å²) in [4.78, 5) is 9.23. The average Bonchev–Trinajstić information content (AvgIpc) is 3.40. The van der Waals surface area contributed by atoms with Gasteiger partial charge in [-0.2, -0.15) is 5.10 Å². The van der Waals surface area contributed by atoms with Crippen LogP contribution >= 0.6 is 11.6 Å². The zero-order valence-electron chi connectivity index (χ0n) is 16.9. The van der Waals surface area contributed by atoms with Gasteiger partial charge in [0, 0.05) is 29.2 Å². The van der Waals surface area contributed by atoms with Crippen LogP contribution in [0.25, 0.3) is 17.1 Å².